The molecule has 1 saturated carbocycles. The summed E-state index contributed by atoms with van der Waals surface area (Å²) in [6.07, 6.45) is 4.18. The molecule has 0 saturated heterocycles. The summed E-state index contributed by atoms with van der Waals surface area (Å²) in [5, 5.41) is 3.11. The molecule has 2 amide bonds. The van der Waals surface area contributed by atoms with Crippen molar-refractivity contribution in [1.29, 1.82) is 0 Å². The number of rotatable bonds is 10. The highest BCUT2D eigenvalue weighted by Crippen LogP contribution is 2.21. The Kier molecular flexibility index (Phi) is 8.66. The lowest BCUT2D eigenvalue weighted by Crippen LogP contribution is -2.53. The minimum absolute atomic E-state index is 0.0663. The zero-order valence-corrected chi connectivity index (χ0v) is 20.0. The number of carbonyl (C=O) groups is 2. The first-order valence-corrected chi connectivity index (χ1v) is 12.2. The Hall–Kier alpha value is -3.74. The van der Waals surface area contributed by atoms with Crippen LogP contribution in [-0.2, 0) is 22.6 Å². The van der Waals surface area contributed by atoms with Crippen LogP contribution >= 0.6 is 0 Å². The van der Waals surface area contributed by atoms with E-state index in [1.807, 2.05) is 30.3 Å². The van der Waals surface area contributed by atoms with E-state index in [1.165, 1.54) is 35.2 Å². The molecular formula is C29H30F2N2O3. The van der Waals surface area contributed by atoms with Crippen molar-refractivity contribution in [3.63, 3.8) is 0 Å². The third-order valence-electron chi connectivity index (χ3n) is 6.45. The summed E-state index contributed by atoms with van der Waals surface area (Å²) >= 11 is 0. The van der Waals surface area contributed by atoms with Gasteiger partial charge < -0.3 is 15.0 Å². The summed E-state index contributed by atoms with van der Waals surface area (Å²) in [6.45, 7) is -0.462. The number of benzene rings is 3. The SMILES string of the molecule is O=C(NC1CCCC1)[C@H](Cc1ccccc1)N(Cc1ccccc1F)C(=O)COc1ccc(F)cc1. The monoisotopic (exact) mass is 492 g/mol. The van der Waals surface area contributed by atoms with Crippen molar-refractivity contribution in [2.45, 2.75) is 50.7 Å². The molecule has 0 spiro atoms. The maximum absolute atomic E-state index is 14.6. The molecule has 0 aliphatic heterocycles. The highest BCUT2D eigenvalue weighted by molar-refractivity contribution is 5.88. The Morgan fingerprint density at radius 2 is 1.58 bits per heavy atom. The van der Waals surface area contributed by atoms with Gasteiger partial charge in [0, 0.05) is 24.6 Å². The largest absolute Gasteiger partial charge is 0.484 e. The number of nitrogens with zero attached hydrogens (tertiary/aromatic N) is 1. The lowest BCUT2D eigenvalue weighted by molar-refractivity contribution is -0.143. The van der Waals surface area contributed by atoms with Crippen LogP contribution in [0.4, 0.5) is 8.78 Å². The number of carbonyl (C=O) groups excluding carboxylic acids is 2. The Morgan fingerprint density at radius 3 is 2.28 bits per heavy atom. The molecule has 0 bridgehead atoms. The van der Waals surface area contributed by atoms with Crippen molar-refractivity contribution >= 4 is 11.8 Å². The Labute approximate surface area is 210 Å². The molecule has 0 heterocycles. The number of halogens is 2. The van der Waals surface area contributed by atoms with E-state index in [1.54, 1.807) is 18.2 Å². The zero-order valence-electron chi connectivity index (χ0n) is 20.0. The van der Waals surface area contributed by atoms with Crippen molar-refractivity contribution in [2.24, 2.45) is 0 Å². The first-order valence-electron chi connectivity index (χ1n) is 12.2. The van der Waals surface area contributed by atoms with E-state index in [2.05, 4.69) is 5.32 Å². The first-order chi connectivity index (χ1) is 17.5. The molecule has 0 radical (unpaired) electrons. The maximum Gasteiger partial charge on any atom is 0.261 e. The van der Waals surface area contributed by atoms with Crippen LogP contribution in [0, 0.1) is 11.6 Å². The molecule has 1 N–H and O–H groups in total. The van der Waals surface area contributed by atoms with E-state index in [0.29, 0.717) is 11.3 Å². The Balaban J connectivity index is 1.61. The maximum atomic E-state index is 14.6. The van der Waals surface area contributed by atoms with Crippen molar-refractivity contribution in [3.05, 3.63) is 102 Å². The lowest BCUT2D eigenvalue weighted by Gasteiger charge is -2.32. The van der Waals surface area contributed by atoms with Crippen molar-refractivity contribution in [1.82, 2.24) is 10.2 Å². The van der Waals surface area contributed by atoms with Crippen molar-refractivity contribution < 1.29 is 23.1 Å². The lowest BCUT2D eigenvalue weighted by atomic mass is 10.0. The predicted molar refractivity (Wildman–Crippen MR) is 133 cm³/mol. The summed E-state index contributed by atoms with van der Waals surface area (Å²) in [7, 11) is 0. The van der Waals surface area contributed by atoms with E-state index < -0.39 is 23.6 Å². The molecule has 1 atom stereocenters. The average Bonchev–Trinajstić information content (AvgIpc) is 3.40. The number of nitrogens with one attached hydrogen (secondary N) is 1. The third kappa shape index (κ3) is 6.90. The molecule has 0 aromatic heterocycles. The van der Waals surface area contributed by atoms with Gasteiger partial charge in [0.1, 0.15) is 23.4 Å². The molecule has 1 aliphatic rings. The van der Waals surface area contributed by atoms with Gasteiger partial charge in [0.05, 0.1) is 0 Å². The molecule has 188 valence electrons. The molecule has 3 aromatic rings. The highest BCUT2D eigenvalue weighted by atomic mass is 19.1. The van der Waals surface area contributed by atoms with Crippen molar-refractivity contribution in [3.8, 4) is 5.75 Å². The van der Waals surface area contributed by atoms with Gasteiger partial charge in [-0.1, -0.05) is 61.4 Å². The summed E-state index contributed by atoms with van der Waals surface area (Å²) in [6, 6.07) is 20.2. The molecular weight excluding hydrogens is 462 g/mol. The fraction of sp³-hybridized carbons (Fsp3) is 0.310. The normalized spacial score (nSPS) is 14.3. The van der Waals surface area contributed by atoms with Gasteiger partial charge in [-0.3, -0.25) is 9.59 Å². The van der Waals surface area contributed by atoms with Gasteiger partial charge in [-0.2, -0.15) is 0 Å². The minimum atomic E-state index is -0.864. The summed E-state index contributed by atoms with van der Waals surface area (Å²) in [4.78, 5) is 28.4. The van der Waals surface area contributed by atoms with Crippen LogP contribution in [0.5, 0.6) is 5.75 Å². The van der Waals surface area contributed by atoms with Gasteiger partial charge in [0.25, 0.3) is 5.91 Å². The quantitative estimate of drug-likeness (QED) is 0.431. The molecule has 4 rings (SSSR count). The van der Waals surface area contributed by atoms with Crippen LogP contribution in [0.1, 0.15) is 36.8 Å². The van der Waals surface area contributed by atoms with Gasteiger partial charge in [-0.25, -0.2) is 8.78 Å². The fourth-order valence-electron chi connectivity index (χ4n) is 4.49. The van der Waals surface area contributed by atoms with E-state index in [4.69, 9.17) is 4.74 Å². The number of ether oxygens (including phenoxy) is 1. The third-order valence-corrected chi connectivity index (χ3v) is 6.45. The minimum Gasteiger partial charge on any atom is -0.484 e. The smallest absolute Gasteiger partial charge is 0.261 e. The highest BCUT2D eigenvalue weighted by Gasteiger charge is 2.32. The molecule has 7 heteroatoms. The van der Waals surface area contributed by atoms with E-state index in [9.17, 15) is 18.4 Å². The van der Waals surface area contributed by atoms with Crippen LogP contribution in [0.2, 0.25) is 0 Å². The molecule has 0 unspecified atom stereocenters. The van der Waals surface area contributed by atoms with Crippen LogP contribution in [0.15, 0.2) is 78.9 Å². The van der Waals surface area contributed by atoms with E-state index in [-0.39, 0.29) is 31.5 Å². The standard InChI is InChI=1S/C29H30F2N2O3/c30-23-14-16-25(17-15-23)36-20-28(34)33(19-22-10-4-7-13-26(22)31)27(18-21-8-2-1-3-9-21)29(35)32-24-11-5-6-12-24/h1-4,7-10,13-17,24,27H,5-6,11-12,18-20H2,(H,32,35)/t27-/m0/s1. The van der Waals surface area contributed by atoms with Gasteiger partial charge in [-0.05, 0) is 48.7 Å². The average molecular weight is 493 g/mol. The van der Waals surface area contributed by atoms with Gasteiger partial charge in [-0.15, -0.1) is 0 Å². The van der Waals surface area contributed by atoms with Crippen LogP contribution in [-0.4, -0.2) is 35.4 Å². The number of hydrogen-bond donors (Lipinski definition) is 1. The van der Waals surface area contributed by atoms with Gasteiger partial charge in [0.15, 0.2) is 6.61 Å². The molecule has 36 heavy (non-hydrogen) atoms. The molecule has 5 nitrogen and oxygen atoms in total. The van der Waals surface area contributed by atoms with Crippen LogP contribution < -0.4 is 10.1 Å². The topological polar surface area (TPSA) is 58.6 Å². The predicted octanol–water partition coefficient (Wildman–Crippen LogP) is 5.04. The number of hydrogen-bond acceptors (Lipinski definition) is 3. The second kappa shape index (κ2) is 12.3. The van der Waals surface area contributed by atoms with Gasteiger partial charge >= 0.3 is 0 Å². The zero-order chi connectivity index (χ0) is 25.3. The summed E-state index contributed by atoms with van der Waals surface area (Å²) < 4.78 is 33.5. The second-order valence-corrected chi connectivity index (χ2v) is 9.05. The number of amides is 2. The molecule has 1 aliphatic carbocycles. The Morgan fingerprint density at radius 1 is 0.917 bits per heavy atom. The summed E-state index contributed by atoms with van der Waals surface area (Å²) in [5.41, 5.74) is 1.19. The molecule has 1 fully saturated rings. The molecule has 3 aromatic carbocycles. The Bertz CT molecular complexity index is 1150. The van der Waals surface area contributed by atoms with E-state index >= 15 is 0 Å². The second-order valence-electron chi connectivity index (χ2n) is 9.05. The first kappa shape index (κ1) is 25.4. The van der Waals surface area contributed by atoms with Gasteiger partial charge in [0.2, 0.25) is 5.91 Å². The fourth-order valence-corrected chi connectivity index (χ4v) is 4.49. The van der Waals surface area contributed by atoms with E-state index in [0.717, 1.165) is 31.2 Å². The van der Waals surface area contributed by atoms with Crippen LogP contribution in [0.3, 0.4) is 0 Å². The summed E-state index contributed by atoms with van der Waals surface area (Å²) in [5.74, 6) is -1.28. The van der Waals surface area contributed by atoms with Crippen molar-refractivity contribution in [2.75, 3.05) is 6.61 Å². The van der Waals surface area contributed by atoms with Crippen LogP contribution in [0.25, 0.3) is 0 Å².